The van der Waals surface area contributed by atoms with E-state index in [0.717, 1.165) is 6.07 Å². The molecule has 2 rings (SSSR count). The molecule has 0 heterocycles. The fraction of sp³-hybridized carbons (Fsp3) is 0. The number of hydrogen-bond acceptors (Lipinski definition) is 6. The number of nitrogens with zero attached hydrogens (tertiary/aromatic N) is 2. The van der Waals surface area contributed by atoms with Crippen LogP contribution in [0.15, 0.2) is 68.4 Å². The Balaban J connectivity index is 2.26. The highest BCUT2D eigenvalue weighted by Gasteiger charge is 2.07. The highest BCUT2D eigenvalue weighted by atomic mass is 32.2. The van der Waals surface area contributed by atoms with Crippen molar-refractivity contribution in [3.05, 3.63) is 58.8 Å². The molecule has 0 bridgehead atoms. The summed E-state index contributed by atoms with van der Waals surface area (Å²) < 4.78 is 30.6. The van der Waals surface area contributed by atoms with E-state index in [1.54, 1.807) is 0 Å². The maximum absolute atomic E-state index is 11.2. The third-order valence-electron chi connectivity index (χ3n) is 2.49. The fourth-order valence-electron chi connectivity index (χ4n) is 1.42. The second-order valence-corrected chi connectivity index (χ2v) is 5.43. The lowest BCUT2D eigenvalue weighted by molar-refractivity contribution is 0.471. The number of azo groups is 1. The van der Waals surface area contributed by atoms with Crippen molar-refractivity contribution in [3.8, 4) is 5.75 Å². The van der Waals surface area contributed by atoms with Crippen molar-refractivity contribution in [2.75, 3.05) is 0 Å². The van der Waals surface area contributed by atoms with E-state index in [0.29, 0.717) is 11.4 Å². The first-order valence-electron chi connectivity index (χ1n) is 5.69. The van der Waals surface area contributed by atoms with Crippen LogP contribution in [0.4, 0.5) is 11.4 Å². The van der Waals surface area contributed by atoms with Crippen molar-refractivity contribution >= 4 is 21.5 Å². The maximum atomic E-state index is 11.2. The van der Waals surface area contributed by atoms with Crippen LogP contribution < -0.4 is 5.43 Å². The normalized spacial score (nSPS) is 11.7. The Bertz CT molecular complexity index is 845. The molecule has 0 aliphatic heterocycles. The summed E-state index contributed by atoms with van der Waals surface area (Å²) in [4.78, 5) is 10.9. The Morgan fingerprint density at radius 1 is 0.810 bits per heavy atom. The van der Waals surface area contributed by atoms with Crippen LogP contribution in [0, 0.1) is 0 Å². The largest absolute Gasteiger partial charge is 0.504 e. The first-order valence-corrected chi connectivity index (χ1v) is 7.13. The quantitative estimate of drug-likeness (QED) is 0.667. The molecule has 2 N–H and O–H groups in total. The van der Waals surface area contributed by atoms with E-state index in [-0.39, 0.29) is 4.90 Å². The van der Waals surface area contributed by atoms with Gasteiger partial charge in [0.2, 0.25) is 5.43 Å². The van der Waals surface area contributed by atoms with Crippen LogP contribution in [-0.4, -0.2) is 18.1 Å². The van der Waals surface area contributed by atoms with Crippen molar-refractivity contribution in [2.24, 2.45) is 10.2 Å². The minimum atomic E-state index is -4.24. The van der Waals surface area contributed by atoms with Crippen molar-refractivity contribution in [1.29, 1.82) is 0 Å². The van der Waals surface area contributed by atoms with Gasteiger partial charge in [-0.05, 0) is 48.5 Å². The van der Waals surface area contributed by atoms with E-state index in [4.69, 9.17) is 4.55 Å². The zero-order valence-corrected chi connectivity index (χ0v) is 11.4. The lowest BCUT2D eigenvalue weighted by atomic mass is 10.3. The van der Waals surface area contributed by atoms with Gasteiger partial charge in [0, 0.05) is 0 Å². The number of benzene rings is 1. The van der Waals surface area contributed by atoms with Gasteiger partial charge in [0.1, 0.15) is 0 Å². The third kappa shape index (κ3) is 3.94. The van der Waals surface area contributed by atoms with Crippen LogP contribution in [0.5, 0.6) is 5.75 Å². The molecule has 0 spiro atoms. The molecule has 0 atom stereocenters. The second kappa shape index (κ2) is 5.81. The fourth-order valence-corrected chi connectivity index (χ4v) is 1.90. The van der Waals surface area contributed by atoms with Gasteiger partial charge < -0.3 is 5.11 Å². The van der Waals surface area contributed by atoms with Gasteiger partial charge in [-0.15, -0.1) is 0 Å². The molecular formula is C13H10N2O5S. The molecule has 2 aromatic carbocycles. The van der Waals surface area contributed by atoms with Gasteiger partial charge in [0.05, 0.1) is 16.3 Å². The molecule has 108 valence electrons. The zero-order valence-electron chi connectivity index (χ0n) is 10.5. The van der Waals surface area contributed by atoms with Gasteiger partial charge in [-0.2, -0.15) is 18.6 Å². The second-order valence-electron chi connectivity index (χ2n) is 4.01. The van der Waals surface area contributed by atoms with Crippen LogP contribution in [0.2, 0.25) is 0 Å². The SMILES string of the molecule is O=c1ccc(N=Nc2ccc(S(=O)(=O)O)cc2)ccc1O. The molecular weight excluding hydrogens is 296 g/mol. The van der Waals surface area contributed by atoms with Gasteiger partial charge in [-0.3, -0.25) is 9.35 Å². The minimum Gasteiger partial charge on any atom is -0.504 e. The van der Waals surface area contributed by atoms with Crippen molar-refractivity contribution in [1.82, 2.24) is 0 Å². The average molecular weight is 306 g/mol. The third-order valence-corrected chi connectivity index (χ3v) is 3.35. The molecule has 8 heteroatoms. The van der Waals surface area contributed by atoms with E-state index >= 15 is 0 Å². The summed E-state index contributed by atoms with van der Waals surface area (Å²) in [6.07, 6.45) is 0. The summed E-state index contributed by atoms with van der Waals surface area (Å²) in [6.45, 7) is 0. The number of rotatable bonds is 3. The van der Waals surface area contributed by atoms with E-state index in [2.05, 4.69) is 10.2 Å². The number of aromatic hydroxyl groups is 1. The highest BCUT2D eigenvalue weighted by Crippen LogP contribution is 2.19. The highest BCUT2D eigenvalue weighted by molar-refractivity contribution is 7.85. The molecule has 0 unspecified atom stereocenters. The standard InChI is InChI=1S/C13H10N2O5S/c16-12-7-3-10(4-8-13(12)17)15-14-9-1-5-11(6-2-9)21(18,19)20/h1-8H,(H,16,17)(H,18,19,20). The lowest BCUT2D eigenvalue weighted by Crippen LogP contribution is -1.96. The van der Waals surface area contributed by atoms with Crippen LogP contribution >= 0.6 is 0 Å². The Morgan fingerprint density at radius 3 is 1.81 bits per heavy atom. The Kier molecular flexibility index (Phi) is 4.10. The van der Waals surface area contributed by atoms with Crippen molar-refractivity contribution < 1.29 is 18.1 Å². The van der Waals surface area contributed by atoms with Crippen molar-refractivity contribution in [2.45, 2.75) is 4.90 Å². The lowest BCUT2D eigenvalue weighted by Gasteiger charge is -1.96. The summed E-state index contributed by atoms with van der Waals surface area (Å²) in [5, 5.41) is 16.9. The van der Waals surface area contributed by atoms with Gasteiger partial charge in [-0.25, -0.2) is 0 Å². The first kappa shape index (κ1) is 14.8. The summed E-state index contributed by atoms with van der Waals surface area (Å²) >= 11 is 0. The summed E-state index contributed by atoms with van der Waals surface area (Å²) in [5.41, 5.74) is 0.167. The summed E-state index contributed by atoms with van der Waals surface area (Å²) in [5.74, 6) is -0.394. The van der Waals surface area contributed by atoms with Crippen LogP contribution in [-0.2, 0) is 10.1 Å². The molecule has 0 aromatic heterocycles. The predicted octanol–water partition coefficient (Wildman–Crippen LogP) is 2.41. The van der Waals surface area contributed by atoms with Crippen LogP contribution in [0.25, 0.3) is 0 Å². The molecule has 0 fully saturated rings. The minimum absolute atomic E-state index is 0.242. The smallest absolute Gasteiger partial charge is 0.294 e. The average Bonchev–Trinajstić information content (AvgIpc) is 2.60. The van der Waals surface area contributed by atoms with Gasteiger partial charge in [0.15, 0.2) is 5.75 Å². The summed E-state index contributed by atoms with van der Waals surface area (Å²) in [7, 11) is -4.24. The summed E-state index contributed by atoms with van der Waals surface area (Å²) in [6, 6.07) is 10.3. The van der Waals surface area contributed by atoms with E-state index < -0.39 is 21.3 Å². The molecule has 0 radical (unpaired) electrons. The Hall–Kier alpha value is -2.58. The van der Waals surface area contributed by atoms with Gasteiger partial charge in [-0.1, -0.05) is 0 Å². The topological polar surface area (TPSA) is 116 Å². The molecule has 21 heavy (non-hydrogen) atoms. The zero-order chi connectivity index (χ0) is 15.5. The van der Waals surface area contributed by atoms with E-state index in [1.165, 1.54) is 42.5 Å². The molecule has 0 aliphatic rings. The monoisotopic (exact) mass is 306 g/mol. The first-order chi connectivity index (χ1) is 9.86. The molecule has 0 amide bonds. The Morgan fingerprint density at radius 2 is 1.29 bits per heavy atom. The van der Waals surface area contributed by atoms with Crippen molar-refractivity contribution in [3.63, 3.8) is 0 Å². The van der Waals surface area contributed by atoms with Crippen LogP contribution in [0.1, 0.15) is 0 Å². The van der Waals surface area contributed by atoms with E-state index in [1.807, 2.05) is 0 Å². The molecule has 0 aliphatic carbocycles. The van der Waals surface area contributed by atoms with Crippen LogP contribution in [0.3, 0.4) is 0 Å². The van der Waals surface area contributed by atoms with Gasteiger partial charge in [0.25, 0.3) is 10.1 Å². The van der Waals surface area contributed by atoms with E-state index in [9.17, 15) is 18.3 Å². The van der Waals surface area contributed by atoms with Gasteiger partial charge >= 0.3 is 0 Å². The Labute approximate surface area is 120 Å². The number of hydrogen-bond donors (Lipinski definition) is 2. The maximum Gasteiger partial charge on any atom is 0.294 e. The molecule has 0 saturated heterocycles. The predicted molar refractivity (Wildman–Crippen MR) is 74.8 cm³/mol. The molecule has 0 saturated carbocycles. The molecule has 7 nitrogen and oxygen atoms in total. The molecule has 2 aromatic rings.